The summed E-state index contributed by atoms with van der Waals surface area (Å²) in [5.41, 5.74) is 8.04. The normalized spacial score (nSPS) is 14.3. The molecule has 2 aromatic rings. The lowest BCUT2D eigenvalue weighted by atomic mass is 10.1. The van der Waals surface area contributed by atoms with Crippen molar-refractivity contribution in [2.24, 2.45) is 0 Å². The predicted molar refractivity (Wildman–Crippen MR) is 80.5 cm³/mol. The molecule has 0 amide bonds. The number of sulfonamides is 1. The first-order valence-electron chi connectivity index (χ1n) is 6.16. The van der Waals surface area contributed by atoms with Gasteiger partial charge in [0.05, 0.1) is 10.7 Å². The van der Waals surface area contributed by atoms with Gasteiger partial charge in [0.15, 0.2) is 0 Å². The van der Waals surface area contributed by atoms with Gasteiger partial charge in [-0.25, -0.2) is 8.42 Å². The Balaban J connectivity index is 2.13. The van der Waals surface area contributed by atoms with E-state index in [-0.39, 0.29) is 9.92 Å². The van der Waals surface area contributed by atoms with E-state index in [1.165, 1.54) is 10.4 Å². The lowest BCUT2D eigenvalue weighted by Gasteiger charge is -2.20. The standard InChI is InChI=1S/C14H13ClN2O2S/c15-11-4-1-2-7-14(11)20(18,19)17-9-8-10-12(16)5-3-6-13(10)17/h1-7H,8-9,16H2. The van der Waals surface area contributed by atoms with E-state index in [9.17, 15) is 8.42 Å². The highest BCUT2D eigenvalue weighted by atomic mass is 35.5. The van der Waals surface area contributed by atoms with E-state index < -0.39 is 10.0 Å². The van der Waals surface area contributed by atoms with Gasteiger partial charge in [-0.3, -0.25) is 4.31 Å². The Morgan fingerprint density at radius 3 is 2.60 bits per heavy atom. The maximum Gasteiger partial charge on any atom is 0.265 e. The molecule has 2 aromatic carbocycles. The molecule has 0 saturated heterocycles. The lowest BCUT2D eigenvalue weighted by Crippen LogP contribution is -2.29. The molecular formula is C14H13ClN2O2S. The van der Waals surface area contributed by atoms with Gasteiger partial charge in [0, 0.05) is 17.8 Å². The third-order valence-electron chi connectivity index (χ3n) is 3.43. The molecule has 0 bridgehead atoms. The van der Waals surface area contributed by atoms with Crippen molar-refractivity contribution >= 4 is 33.0 Å². The van der Waals surface area contributed by atoms with Crippen LogP contribution in [0.15, 0.2) is 47.4 Å². The minimum atomic E-state index is -3.65. The number of hydrogen-bond donors (Lipinski definition) is 1. The SMILES string of the molecule is Nc1cccc2c1CCN2S(=O)(=O)c1ccccc1Cl. The summed E-state index contributed by atoms with van der Waals surface area (Å²) in [6, 6.07) is 11.8. The van der Waals surface area contributed by atoms with E-state index in [2.05, 4.69) is 0 Å². The molecule has 104 valence electrons. The highest BCUT2D eigenvalue weighted by Crippen LogP contribution is 2.37. The van der Waals surface area contributed by atoms with Crippen LogP contribution in [0.1, 0.15) is 5.56 Å². The van der Waals surface area contributed by atoms with E-state index in [1.54, 1.807) is 36.4 Å². The number of rotatable bonds is 2. The van der Waals surface area contributed by atoms with Crippen LogP contribution in [0, 0.1) is 0 Å². The first-order valence-corrected chi connectivity index (χ1v) is 7.98. The third kappa shape index (κ3) is 1.94. The lowest BCUT2D eigenvalue weighted by molar-refractivity contribution is 0.592. The zero-order valence-corrected chi connectivity index (χ0v) is 12.2. The number of anilines is 2. The Bertz CT molecular complexity index is 774. The summed E-state index contributed by atoms with van der Waals surface area (Å²) < 4.78 is 26.8. The molecule has 0 aromatic heterocycles. The van der Waals surface area contributed by atoms with E-state index in [0.29, 0.717) is 24.3 Å². The van der Waals surface area contributed by atoms with Crippen molar-refractivity contribution in [3.05, 3.63) is 53.1 Å². The number of nitrogens with zero attached hydrogens (tertiary/aromatic N) is 1. The number of benzene rings is 2. The highest BCUT2D eigenvalue weighted by molar-refractivity contribution is 7.93. The molecule has 1 aliphatic rings. The summed E-state index contributed by atoms with van der Waals surface area (Å²) in [6.07, 6.45) is 0.617. The van der Waals surface area contributed by atoms with Gasteiger partial charge in [0.2, 0.25) is 0 Å². The van der Waals surface area contributed by atoms with E-state index in [4.69, 9.17) is 17.3 Å². The van der Waals surface area contributed by atoms with Gasteiger partial charge in [0.25, 0.3) is 10.0 Å². The third-order valence-corrected chi connectivity index (χ3v) is 5.74. The summed E-state index contributed by atoms with van der Waals surface area (Å²) in [6.45, 7) is 0.386. The van der Waals surface area contributed by atoms with Crippen LogP contribution < -0.4 is 10.0 Å². The molecule has 3 rings (SSSR count). The average molecular weight is 309 g/mol. The van der Waals surface area contributed by atoms with Gasteiger partial charge < -0.3 is 5.73 Å². The maximum atomic E-state index is 12.7. The molecule has 0 spiro atoms. The van der Waals surface area contributed by atoms with Gasteiger partial charge in [-0.2, -0.15) is 0 Å². The molecule has 0 fully saturated rings. The molecule has 1 aliphatic heterocycles. The summed E-state index contributed by atoms with van der Waals surface area (Å²) in [5, 5.41) is 0.227. The Hall–Kier alpha value is -1.72. The fourth-order valence-electron chi connectivity index (χ4n) is 2.45. The van der Waals surface area contributed by atoms with Gasteiger partial charge in [-0.1, -0.05) is 29.8 Å². The Labute approximate surface area is 122 Å². The van der Waals surface area contributed by atoms with Crippen molar-refractivity contribution in [3.8, 4) is 0 Å². The van der Waals surface area contributed by atoms with Gasteiger partial charge in [-0.15, -0.1) is 0 Å². The van der Waals surface area contributed by atoms with Crippen LogP contribution in [0.5, 0.6) is 0 Å². The molecule has 0 aliphatic carbocycles. The largest absolute Gasteiger partial charge is 0.398 e. The van der Waals surface area contributed by atoms with Crippen molar-refractivity contribution in [2.45, 2.75) is 11.3 Å². The van der Waals surface area contributed by atoms with Gasteiger partial charge in [-0.05, 0) is 30.7 Å². The summed E-state index contributed by atoms with van der Waals surface area (Å²) in [5.74, 6) is 0. The van der Waals surface area contributed by atoms with Crippen molar-refractivity contribution in [2.75, 3.05) is 16.6 Å². The number of hydrogen-bond acceptors (Lipinski definition) is 3. The maximum absolute atomic E-state index is 12.7. The summed E-state index contributed by atoms with van der Waals surface area (Å²) >= 11 is 6.02. The number of nitrogens with two attached hydrogens (primary N) is 1. The fourth-order valence-corrected chi connectivity index (χ4v) is 4.45. The predicted octanol–water partition coefficient (Wildman–Crippen LogP) is 2.67. The molecule has 1 heterocycles. The molecule has 0 atom stereocenters. The molecule has 20 heavy (non-hydrogen) atoms. The second kappa shape index (κ2) is 4.68. The minimum absolute atomic E-state index is 0.122. The van der Waals surface area contributed by atoms with E-state index in [0.717, 1.165) is 5.56 Å². The first-order chi connectivity index (χ1) is 9.51. The van der Waals surface area contributed by atoms with Crippen LogP contribution in [0.25, 0.3) is 0 Å². The zero-order valence-electron chi connectivity index (χ0n) is 10.6. The van der Waals surface area contributed by atoms with Crippen LogP contribution in [-0.2, 0) is 16.4 Å². The molecule has 0 saturated carbocycles. The van der Waals surface area contributed by atoms with Crippen LogP contribution in [0.3, 0.4) is 0 Å². The molecular weight excluding hydrogens is 296 g/mol. The van der Waals surface area contributed by atoms with Gasteiger partial charge in [0.1, 0.15) is 4.90 Å². The second-order valence-electron chi connectivity index (χ2n) is 4.60. The molecule has 6 heteroatoms. The van der Waals surface area contributed by atoms with Crippen LogP contribution in [0.4, 0.5) is 11.4 Å². The van der Waals surface area contributed by atoms with E-state index >= 15 is 0 Å². The molecule has 0 unspecified atom stereocenters. The average Bonchev–Trinajstić information content (AvgIpc) is 2.85. The van der Waals surface area contributed by atoms with Gasteiger partial charge >= 0.3 is 0 Å². The molecule has 2 N–H and O–H groups in total. The summed E-state index contributed by atoms with van der Waals surface area (Å²) in [7, 11) is -3.65. The van der Waals surface area contributed by atoms with Crippen molar-refractivity contribution in [3.63, 3.8) is 0 Å². The number of halogens is 1. The van der Waals surface area contributed by atoms with Crippen LogP contribution in [-0.4, -0.2) is 15.0 Å². The Morgan fingerprint density at radius 2 is 1.85 bits per heavy atom. The first kappa shape index (κ1) is 13.3. The van der Waals surface area contributed by atoms with Crippen molar-refractivity contribution in [1.29, 1.82) is 0 Å². The van der Waals surface area contributed by atoms with Crippen molar-refractivity contribution in [1.82, 2.24) is 0 Å². The smallest absolute Gasteiger partial charge is 0.265 e. The highest BCUT2D eigenvalue weighted by Gasteiger charge is 2.32. The number of fused-ring (bicyclic) bond motifs is 1. The quantitative estimate of drug-likeness (QED) is 0.868. The molecule has 0 radical (unpaired) electrons. The topological polar surface area (TPSA) is 63.4 Å². The minimum Gasteiger partial charge on any atom is -0.398 e. The Morgan fingerprint density at radius 1 is 1.10 bits per heavy atom. The Kier molecular flexibility index (Phi) is 3.11. The second-order valence-corrected chi connectivity index (χ2v) is 6.84. The molecule has 4 nitrogen and oxygen atoms in total. The van der Waals surface area contributed by atoms with Crippen LogP contribution in [0.2, 0.25) is 5.02 Å². The number of nitrogen functional groups attached to an aromatic ring is 1. The van der Waals surface area contributed by atoms with Crippen LogP contribution >= 0.6 is 11.6 Å². The van der Waals surface area contributed by atoms with E-state index in [1.807, 2.05) is 0 Å². The monoisotopic (exact) mass is 308 g/mol. The fraction of sp³-hybridized carbons (Fsp3) is 0.143. The zero-order chi connectivity index (χ0) is 14.3. The van der Waals surface area contributed by atoms with Crippen molar-refractivity contribution < 1.29 is 8.42 Å². The summed E-state index contributed by atoms with van der Waals surface area (Å²) in [4.78, 5) is 0.122.